The first-order valence-electron chi connectivity index (χ1n) is 9.22. The molecule has 3 heterocycles. The highest BCUT2D eigenvalue weighted by Gasteiger charge is 2.37. The van der Waals surface area contributed by atoms with Crippen molar-refractivity contribution in [3.8, 4) is 0 Å². The Balaban J connectivity index is 1.64. The molecule has 0 spiro atoms. The Labute approximate surface area is 162 Å². The Kier molecular flexibility index (Phi) is 3.58. The van der Waals surface area contributed by atoms with Crippen molar-refractivity contribution in [2.24, 2.45) is 0 Å². The molecular formula is C20H18N2O5S. The van der Waals surface area contributed by atoms with Crippen LogP contribution in [0.3, 0.4) is 0 Å². The van der Waals surface area contributed by atoms with E-state index in [9.17, 15) is 23.1 Å². The SMILES string of the molecule is O=C(O)c1cccc2c1N(S(=O)(=O)c1cc3c4c(c1)CCN4C(=O)CC3)CC2. The van der Waals surface area contributed by atoms with Crippen LogP contribution in [0.4, 0.5) is 11.4 Å². The number of anilines is 2. The second-order valence-corrected chi connectivity index (χ2v) is 9.19. The van der Waals surface area contributed by atoms with Gasteiger partial charge in [-0.15, -0.1) is 0 Å². The van der Waals surface area contributed by atoms with Crippen molar-refractivity contribution in [1.29, 1.82) is 0 Å². The lowest BCUT2D eigenvalue weighted by Crippen LogP contribution is -2.33. The van der Waals surface area contributed by atoms with Crippen molar-refractivity contribution in [2.75, 3.05) is 22.3 Å². The maximum atomic E-state index is 13.5. The van der Waals surface area contributed by atoms with Crippen molar-refractivity contribution in [3.63, 3.8) is 0 Å². The Morgan fingerprint density at radius 3 is 2.39 bits per heavy atom. The van der Waals surface area contributed by atoms with Gasteiger partial charge in [-0.05, 0) is 54.2 Å². The van der Waals surface area contributed by atoms with Crippen molar-refractivity contribution in [3.05, 3.63) is 52.6 Å². The highest BCUT2D eigenvalue weighted by Crippen LogP contribution is 2.41. The van der Waals surface area contributed by atoms with Gasteiger partial charge in [0.2, 0.25) is 5.91 Å². The van der Waals surface area contributed by atoms with Gasteiger partial charge in [-0.2, -0.15) is 0 Å². The van der Waals surface area contributed by atoms with Gasteiger partial charge < -0.3 is 10.0 Å². The molecule has 2 aromatic carbocycles. The van der Waals surface area contributed by atoms with E-state index in [-0.39, 0.29) is 28.6 Å². The molecule has 0 saturated carbocycles. The quantitative estimate of drug-likeness (QED) is 0.853. The number of hydrogen-bond acceptors (Lipinski definition) is 4. The smallest absolute Gasteiger partial charge is 0.337 e. The fourth-order valence-corrected chi connectivity index (χ4v) is 6.16. The van der Waals surface area contributed by atoms with Crippen LogP contribution in [0.1, 0.15) is 33.5 Å². The minimum atomic E-state index is -3.90. The van der Waals surface area contributed by atoms with Gasteiger partial charge in [0.15, 0.2) is 0 Å². The lowest BCUT2D eigenvalue weighted by molar-refractivity contribution is -0.118. The number of aryl methyl sites for hydroxylation is 1. The molecule has 1 N–H and O–H groups in total. The molecule has 8 heteroatoms. The molecule has 0 unspecified atom stereocenters. The summed E-state index contributed by atoms with van der Waals surface area (Å²) in [5, 5.41) is 9.51. The lowest BCUT2D eigenvalue weighted by atomic mass is 10.00. The van der Waals surface area contributed by atoms with E-state index in [1.54, 1.807) is 29.2 Å². The summed E-state index contributed by atoms with van der Waals surface area (Å²) in [7, 11) is -3.90. The molecule has 0 fully saturated rings. The minimum Gasteiger partial charge on any atom is -0.478 e. The Bertz CT molecular complexity index is 1160. The van der Waals surface area contributed by atoms with Crippen molar-refractivity contribution in [1.82, 2.24) is 0 Å². The summed E-state index contributed by atoms with van der Waals surface area (Å²) < 4.78 is 28.1. The third kappa shape index (κ3) is 2.30. The number of aromatic carboxylic acids is 1. The second-order valence-electron chi connectivity index (χ2n) is 7.33. The van der Waals surface area contributed by atoms with Gasteiger partial charge in [0.05, 0.1) is 21.8 Å². The van der Waals surface area contributed by atoms with Gasteiger partial charge in [0, 0.05) is 19.5 Å². The van der Waals surface area contributed by atoms with E-state index < -0.39 is 16.0 Å². The maximum Gasteiger partial charge on any atom is 0.337 e. The topological polar surface area (TPSA) is 95.0 Å². The lowest BCUT2D eigenvalue weighted by Gasteiger charge is -2.27. The molecule has 0 aliphatic carbocycles. The number of sulfonamides is 1. The average Bonchev–Trinajstić information content (AvgIpc) is 3.29. The van der Waals surface area contributed by atoms with E-state index in [1.807, 2.05) is 0 Å². The number of carboxylic acid groups (broad SMARTS) is 1. The largest absolute Gasteiger partial charge is 0.478 e. The average molecular weight is 398 g/mol. The second kappa shape index (κ2) is 5.81. The normalized spacial score (nSPS) is 17.6. The number of hydrogen-bond donors (Lipinski definition) is 1. The number of rotatable bonds is 3. The Morgan fingerprint density at radius 2 is 1.64 bits per heavy atom. The summed E-state index contributed by atoms with van der Waals surface area (Å²) in [5.74, 6) is -1.06. The fourth-order valence-electron chi connectivity index (χ4n) is 4.54. The van der Waals surface area contributed by atoms with Crippen molar-refractivity contribution >= 4 is 33.3 Å². The molecule has 5 rings (SSSR count). The Hall–Kier alpha value is -2.87. The maximum absolute atomic E-state index is 13.5. The predicted molar refractivity (Wildman–Crippen MR) is 102 cm³/mol. The van der Waals surface area contributed by atoms with E-state index in [0.717, 1.165) is 22.4 Å². The number of carbonyl (C=O) groups is 2. The summed E-state index contributed by atoms with van der Waals surface area (Å²) >= 11 is 0. The number of amides is 1. The predicted octanol–water partition coefficient (Wildman–Crippen LogP) is 1.97. The van der Waals surface area contributed by atoms with Crippen LogP contribution in [0.15, 0.2) is 35.2 Å². The zero-order valence-electron chi connectivity index (χ0n) is 15.0. The van der Waals surface area contributed by atoms with E-state index in [0.29, 0.717) is 32.2 Å². The molecular weight excluding hydrogens is 380 g/mol. The first-order valence-corrected chi connectivity index (χ1v) is 10.7. The van der Waals surface area contributed by atoms with Gasteiger partial charge in [0.1, 0.15) is 0 Å². The monoisotopic (exact) mass is 398 g/mol. The Morgan fingerprint density at radius 1 is 0.929 bits per heavy atom. The number of benzene rings is 2. The summed E-state index contributed by atoms with van der Waals surface area (Å²) in [6, 6.07) is 8.15. The van der Waals surface area contributed by atoms with Gasteiger partial charge >= 0.3 is 5.97 Å². The van der Waals surface area contributed by atoms with E-state index in [1.165, 1.54) is 10.4 Å². The third-order valence-electron chi connectivity index (χ3n) is 5.80. The molecule has 3 aliphatic heterocycles. The zero-order chi connectivity index (χ0) is 19.6. The standard InChI is InChI=1S/C20H18N2O5S/c23-17-5-4-13-10-15(11-14-6-8-21(17)18(13)14)28(26,27)22-9-7-12-2-1-3-16(19(12)22)20(24)25/h1-3,10-11H,4-9H2,(H,24,25). The number of para-hydroxylation sites is 1. The zero-order valence-corrected chi connectivity index (χ0v) is 15.8. The van der Waals surface area contributed by atoms with E-state index in [2.05, 4.69) is 0 Å². The molecule has 7 nitrogen and oxygen atoms in total. The van der Waals surface area contributed by atoms with E-state index in [4.69, 9.17) is 0 Å². The molecule has 0 bridgehead atoms. The number of fused-ring (bicyclic) bond motifs is 1. The minimum absolute atomic E-state index is 0.00199. The molecule has 0 radical (unpaired) electrons. The highest BCUT2D eigenvalue weighted by atomic mass is 32.2. The highest BCUT2D eigenvalue weighted by molar-refractivity contribution is 7.92. The molecule has 28 heavy (non-hydrogen) atoms. The van der Waals surface area contributed by atoms with Crippen LogP contribution >= 0.6 is 0 Å². The summed E-state index contributed by atoms with van der Waals surface area (Å²) in [5.41, 5.74) is 3.60. The van der Waals surface area contributed by atoms with Crippen LogP contribution in [0.25, 0.3) is 0 Å². The van der Waals surface area contributed by atoms with Crippen LogP contribution < -0.4 is 9.21 Å². The summed E-state index contributed by atoms with van der Waals surface area (Å²) in [6.45, 7) is 0.805. The molecule has 144 valence electrons. The molecule has 3 aliphatic rings. The molecule has 0 atom stereocenters. The molecule has 0 aromatic heterocycles. The van der Waals surface area contributed by atoms with Gasteiger partial charge in [-0.1, -0.05) is 12.1 Å². The van der Waals surface area contributed by atoms with Gasteiger partial charge in [-0.25, -0.2) is 13.2 Å². The van der Waals surface area contributed by atoms with Gasteiger partial charge in [-0.3, -0.25) is 9.10 Å². The van der Waals surface area contributed by atoms with Crippen LogP contribution in [-0.2, 0) is 34.1 Å². The fraction of sp³-hybridized carbons (Fsp3) is 0.300. The van der Waals surface area contributed by atoms with Crippen LogP contribution in [-0.4, -0.2) is 38.5 Å². The number of carbonyl (C=O) groups excluding carboxylic acids is 1. The summed E-state index contributed by atoms with van der Waals surface area (Å²) in [4.78, 5) is 25.7. The first-order chi connectivity index (χ1) is 13.4. The van der Waals surface area contributed by atoms with Crippen molar-refractivity contribution < 1.29 is 23.1 Å². The molecule has 0 saturated heterocycles. The third-order valence-corrected chi connectivity index (χ3v) is 7.57. The summed E-state index contributed by atoms with van der Waals surface area (Å²) in [6.07, 6.45) is 2.02. The van der Waals surface area contributed by atoms with Crippen LogP contribution in [0.5, 0.6) is 0 Å². The van der Waals surface area contributed by atoms with Crippen molar-refractivity contribution in [2.45, 2.75) is 30.6 Å². The molecule has 1 amide bonds. The van der Waals surface area contributed by atoms with Crippen LogP contribution in [0, 0.1) is 0 Å². The number of nitrogens with zero attached hydrogens (tertiary/aromatic N) is 2. The first kappa shape index (κ1) is 17.2. The van der Waals surface area contributed by atoms with Crippen LogP contribution in [0.2, 0.25) is 0 Å². The van der Waals surface area contributed by atoms with E-state index >= 15 is 0 Å². The number of carboxylic acids is 1. The van der Waals surface area contributed by atoms with Gasteiger partial charge in [0.25, 0.3) is 10.0 Å². The molecule has 2 aromatic rings.